The van der Waals surface area contributed by atoms with Gasteiger partial charge < -0.3 is 9.88 Å². The lowest BCUT2D eigenvalue weighted by atomic mass is 10.1. The highest BCUT2D eigenvalue weighted by molar-refractivity contribution is 6.83. The molecule has 2 rings (SSSR count). The van der Waals surface area contributed by atoms with E-state index in [0.717, 1.165) is 11.9 Å². The van der Waals surface area contributed by atoms with Crippen molar-refractivity contribution in [3.8, 4) is 11.5 Å². The molecule has 1 N–H and O–H groups in total. The lowest BCUT2D eigenvalue weighted by molar-refractivity contribution is -0.129. The molecule has 0 saturated heterocycles. The molecule has 0 atom stereocenters. The van der Waals surface area contributed by atoms with E-state index in [4.69, 9.17) is 0 Å². The quantitative estimate of drug-likeness (QED) is 0.437. The van der Waals surface area contributed by atoms with Crippen LogP contribution >= 0.6 is 0 Å². The minimum absolute atomic E-state index is 0.104. The molecule has 4 heteroatoms. The van der Waals surface area contributed by atoms with Crippen LogP contribution in [-0.4, -0.2) is 37.0 Å². The van der Waals surface area contributed by atoms with Crippen LogP contribution in [0, 0.1) is 11.5 Å². The van der Waals surface area contributed by atoms with Crippen molar-refractivity contribution in [2.75, 3.05) is 13.1 Å². The van der Waals surface area contributed by atoms with E-state index in [-0.39, 0.29) is 5.91 Å². The highest BCUT2D eigenvalue weighted by Crippen LogP contribution is 2.18. The van der Waals surface area contributed by atoms with Gasteiger partial charge in [0.1, 0.15) is 8.07 Å². The summed E-state index contributed by atoms with van der Waals surface area (Å²) in [6, 6.07) is 8.25. The van der Waals surface area contributed by atoms with Gasteiger partial charge in [-0.25, -0.2) is 0 Å². The maximum Gasteiger partial charge on any atom is 0.227 e. The number of hydrogen-bond acceptors (Lipinski definition) is 1. The molecule has 26 heavy (non-hydrogen) atoms. The number of hydrogen-bond donors (Lipinski definition) is 1. The second-order valence-electron chi connectivity index (χ2n) is 7.34. The van der Waals surface area contributed by atoms with Crippen LogP contribution in [0.5, 0.6) is 0 Å². The number of rotatable bonds is 7. The number of H-pyrrole nitrogens is 1. The van der Waals surface area contributed by atoms with Gasteiger partial charge in [-0.2, -0.15) is 0 Å². The Labute approximate surface area is 157 Å². The second kappa shape index (κ2) is 9.26. The summed E-state index contributed by atoms with van der Waals surface area (Å²) in [6.07, 6.45) is 8.58. The van der Waals surface area contributed by atoms with E-state index < -0.39 is 8.07 Å². The lowest BCUT2D eigenvalue weighted by Gasteiger charge is -2.20. The maximum atomic E-state index is 12.6. The van der Waals surface area contributed by atoms with Gasteiger partial charge in [0.05, 0.1) is 6.54 Å². The van der Waals surface area contributed by atoms with Gasteiger partial charge in [-0.1, -0.05) is 68.6 Å². The number of carbonyl (C=O) groups excluding carboxylic acids is 1. The first-order valence-electron chi connectivity index (χ1n) is 9.01. The van der Waals surface area contributed by atoms with Gasteiger partial charge in [0.15, 0.2) is 0 Å². The van der Waals surface area contributed by atoms with Gasteiger partial charge in [0.2, 0.25) is 5.91 Å². The van der Waals surface area contributed by atoms with Crippen molar-refractivity contribution in [1.82, 2.24) is 9.88 Å². The van der Waals surface area contributed by atoms with Gasteiger partial charge in [-0.05, 0) is 18.1 Å². The lowest BCUT2D eigenvalue weighted by Crippen LogP contribution is -2.33. The minimum Gasteiger partial charge on any atom is -0.361 e. The molecule has 1 aromatic heterocycles. The van der Waals surface area contributed by atoms with Gasteiger partial charge in [-0.3, -0.25) is 4.79 Å². The van der Waals surface area contributed by atoms with Crippen LogP contribution in [0.15, 0.2) is 55.3 Å². The summed E-state index contributed by atoms with van der Waals surface area (Å²) in [5, 5.41) is 1.22. The Morgan fingerprint density at radius 1 is 1.31 bits per heavy atom. The Bertz CT molecular complexity index is 846. The molecule has 0 bridgehead atoms. The standard InChI is InChI=1S/C22H28N2OSi/c1-5-6-7-13-22(25)24(15-10-17-26(2,3)4)16-14-19-18-23-21-12-9-8-11-20(19)21/h5-9,11-12,18,23H,1,13-16H2,2-4H3/b7-6+. The number of fused-ring (bicyclic) bond motifs is 1. The molecule has 1 aromatic carbocycles. The number of allylic oxidation sites excluding steroid dienone is 2. The first-order valence-corrected chi connectivity index (χ1v) is 12.5. The van der Waals surface area contributed by atoms with E-state index >= 15 is 0 Å². The van der Waals surface area contributed by atoms with Gasteiger partial charge in [-0.15, -0.1) is 5.54 Å². The van der Waals surface area contributed by atoms with E-state index in [9.17, 15) is 4.79 Å². The average Bonchev–Trinajstić information content (AvgIpc) is 3.00. The summed E-state index contributed by atoms with van der Waals surface area (Å²) in [5.74, 6) is 3.33. The second-order valence-corrected chi connectivity index (χ2v) is 12.1. The Morgan fingerprint density at radius 3 is 2.81 bits per heavy atom. The zero-order chi connectivity index (χ0) is 19.0. The van der Waals surface area contributed by atoms with Crippen molar-refractivity contribution in [3.63, 3.8) is 0 Å². The number of benzene rings is 1. The first kappa shape index (κ1) is 19.8. The first-order chi connectivity index (χ1) is 12.4. The van der Waals surface area contributed by atoms with Crippen LogP contribution in [0.1, 0.15) is 12.0 Å². The summed E-state index contributed by atoms with van der Waals surface area (Å²) < 4.78 is 0. The van der Waals surface area contributed by atoms with Gasteiger partial charge >= 0.3 is 0 Å². The summed E-state index contributed by atoms with van der Waals surface area (Å²) in [6.45, 7) is 11.4. The molecule has 2 aromatic rings. The number of aromatic nitrogens is 1. The topological polar surface area (TPSA) is 36.1 Å². The number of nitrogens with one attached hydrogen (secondary N) is 1. The van der Waals surface area contributed by atoms with Crippen molar-refractivity contribution in [1.29, 1.82) is 0 Å². The fraction of sp³-hybridized carbons (Fsp3) is 0.318. The fourth-order valence-corrected chi connectivity index (χ4v) is 3.29. The normalized spacial score (nSPS) is 11.3. The maximum absolute atomic E-state index is 12.6. The highest BCUT2D eigenvalue weighted by Gasteiger charge is 2.13. The molecule has 136 valence electrons. The number of nitrogens with zero attached hydrogens (tertiary/aromatic N) is 1. The molecule has 1 heterocycles. The van der Waals surface area contributed by atoms with Crippen LogP contribution in [0.2, 0.25) is 19.6 Å². The third-order valence-corrected chi connectivity index (χ3v) is 4.90. The zero-order valence-corrected chi connectivity index (χ0v) is 17.0. The van der Waals surface area contributed by atoms with Gasteiger partial charge in [0.25, 0.3) is 0 Å². The predicted octanol–water partition coefficient (Wildman–Crippen LogP) is 4.55. The minimum atomic E-state index is -1.43. The van der Waals surface area contributed by atoms with E-state index in [0.29, 0.717) is 19.5 Å². The van der Waals surface area contributed by atoms with Crippen LogP contribution in [0.4, 0.5) is 0 Å². The molecule has 0 fully saturated rings. The molecule has 0 saturated carbocycles. The van der Waals surface area contributed by atoms with Gasteiger partial charge in [0, 0.05) is 30.1 Å². The van der Waals surface area contributed by atoms with Crippen molar-refractivity contribution < 1.29 is 4.79 Å². The van der Waals surface area contributed by atoms with Crippen molar-refractivity contribution in [2.45, 2.75) is 32.5 Å². The average molecular weight is 365 g/mol. The van der Waals surface area contributed by atoms with Crippen LogP contribution in [0.25, 0.3) is 10.9 Å². The molecule has 0 unspecified atom stereocenters. The van der Waals surface area contributed by atoms with Crippen molar-refractivity contribution in [2.24, 2.45) is 0 Å². The van der Waals surface area contributed by atoms with Crippen molar-refractivity contribution in [3.05, 3.63) is 60.8 Å². The summed E-state index contributed by atoms with van der Waals surface area (Å²) in [4.78, 5) is 17.7. The van der Waals surface area contributed by atoms with E-state index in [2.05, 4.69) is 54.8 Å². The highest BCUT2D eigenvalue weighted by atomic mass is 28.3. The smallest absolute Gasteiger partial charge is 0.227 e. The SMILES string of the molecule is C=C/C=C/CC(=O)N(CC#C[Si](C)(C)C)CCc1c[nH]c2ccccc12. The fourth-order valence-electron chi connectivity index (χ4n) is 2.68. The number of amides is 1. The Kier molecular flexibility index (Phi) is 7.05. The Balaban J connectivity index is 2.09. The molecule has 0 radical (unpaired) electrons. The number of para-hydroxylation sites is 1. The van der Waals surface area contributed by atoms with Crippen LogP contribution in [-0.2, 0) is 11.2 Å². The van der Waals surface area contributed by atoms with Crippen LogP contribution < -0.4 is 0 Å². The largest absolute Gasteiger partial charge is 0.361 e. The van der Waals surface area contributed by atoms with E-state index in [1.165, 1.54) is 10.9 Å². The monoisotopic (exact) mass is 364 g/mol. The number of carbonyl (C=O) groups is 1. The molecule has 0 aliphatic heterocycles. The molecule has 0 aliphatic carbocycles. The summed E-state index contributed by atoms with van der Waals surface area (Å²) in [7, 11) is -1.43. The molecule has 0 spiro atoms. The molecule has 3 nitrogen and oxygen atoms in total. The van der Waals surface area contributed by atoms with E-state index in [1.807, 2.05) is 35.4 Å². The Hall–Kier alpha value is -2.51. The number of aromatic amines is 1. The molecular formula is C22H28N2OSi. The molecule has 0 aliphatic rings. The van der Waals surface area contributed by atoms with Crippen molar-refractivity contribution >= 4 is 24.9 Å². The van der Waals surface area contributed by atoms with Crippen LogP contribution in [0.3, 0.4) is 0 Å². The third-order valence-electron chi connectivity index (χ3n) is 3.98. The molecular weight excluding hydrogens is 336 g/mol. The predicted molar refractivity (Wildman–Crippen MR) is 114 cm³/mol. The summed E-state index contributed by atoms with van der Waals surface area (Å²) in [5.41, 5.74) is 5.72. The third kappa shape index (κ3) is 6.09. The van der Waals surface area contributed by atoms with E-state index in [1.54, 1.807) is 6.08 Å². The molecule has 1 amide bonds. The Morgan fingerprint density at radius 2 is 2.08 bits per heavy atom. The zero-order valence-electron chi connectivity index (χ0n) is 16.0. The summed E-state index contributed by atoms with van der Waals surface area (Å²) >= 11 is 0.